The van der Waals surface area contributed by atoms with Crippen LogP contribution in [0, 0.1) is 0 Å². The van der Waals surface area contributed by atoms with E-state index in [1.54, 1.807) is 23.6 Å². The first-order valence-electron chi connectivity index (χ1n) is 9.32. The third kappa shape index (κ3) is 4.28. The Balaban J connectivity index is 1.52. The summed E-state index contributed by atoms with van der Waals surface area (Å²) < 4.78 is 27.9. The van der Waals surface area contributed by atoms with Crippen molar-refractivity contribution in [3.8, 4) is 0 Å². The normalized spacial score (nSPS) is 13.6. The third-order valence-corrected chi connectivity index (χ3v) is 7.94. The lowest BCUT2D eigenvalue weighted by molar-refractivity contribution is 0.251. The Morgan fingerprint density at radius 1 is 1.07 bits per heavy atom. The number of fused-ring (bicyclic) bond motifs is 1. The highest BCUT2D eigenvalue weighted by Crippen LogP contribution is 2.35. The molecule has 2 amide bonds. The molecule has 150 valence electrons. The Labute approximate surface area is 174 Å². The number of sulfonamides is 1. The van der Waals surface area contributed by atoms with Gasteiger partial charge in [0, 0.05) is 18.8 Å². The fourth-order valence-electron chi connectivity index (χ4n) is 3.34. The Morgan fingerprint density at radius 2 is 1.90 bits per heavy atom. The van der Waals surface area contributed by atoms with Crippen LogP contribution in [-0.4, -0.2) is 21.0 Å². The smallest absolute Gasteiger partial charge is 0.319 e. The van der Waals surface area contributed by atoms with Crippen molar-refractivity contribution in [3.63, 3.8) is 0 Å². The molecule has 0 bridgehead atoms. The van der Waals surface area contributed by atoms with Crippen LogP contribution in [-0.2, 0) is 23.0 Å². The number of anilines is 2. The van der Waals surface area contributed by atoms with E-state index >= 15 is 0 Å². The van der Waals surface area contributed by atoms with Crippen LogP contribution >= 0.6 is 11.3 Å². The van der Waals surface area contributed by atoms with Crippen molar-refractivity contribution >= 4 is 38.8 Å². The molecule has 3 aromatic rings. The maximum atomic E-state index is 13.0. The molecule has 0 unspecified atom stereocenters. The molecule has 0 atom stereocenters. The highest BCUT2D eigenvalue weighted by atomic mass is 32.2. The fourth-order valence-corrected chi connectivity index (χ4v) is 5.98. The fraction of sp³-hybridized carbons (Fsp3) is 0.190. The number of nitrogens with zero attached hydrogens (tertiary/aromatic N) is 1. The third-order valence-electron chi connectivity index (χ3n) is 4.75. The number of aryl methyl sites for hydroxylation is 1. The number of urea groups is 1. The summed E-state index contributed by atoms with van der Waals surface area (Å²) in [5.41, 5.74) is 3.15. The largest absolute Gasteiger partial charge is 0.334 e. The van der Waals surface area contributed by atoms with Gasteiger partial charge in [0.25, 0.3) is 10.0 Å². The summed E-state index contributed by atoms with van der Waals surface area (Å²) in [6.45, 7) is 0.841. The van der Waals surface area contributed by atoms with Crippen LogP contribution in [0.5, 0.6) is 0 Å². The molecule has 2 N–H and O–H groups in total. The Bertz CT molecular complexity index is 1100. The lowest BCUT2D eigenvalue weighted by atomic mass is 10.0. The van der Waals surface area contributed by atoms with Crippen LogP contribution in [0.4, 0.5) is 16.2 Å². The number of nitrogens with one attached hydrogen (secondary N) is 2. The second-order valence-corrected chi connectivity index (χ2v) is 9.79. The molecular formula is C21H21N3O3S2. The zero-order chi connectivity index (χ0) is 20.3. The maximum Gasteiger partial charge on any atom is 0.319 e. The van der Waals surface area contributed by atoms with Gasteiger partial charge in [0.05, 0.1) is 5.69 Å². The van der Waals surface area contributed by atoms with E-state index in [0.717, 1.165) is 24.0 Å². The van der Waals surface area contributed by atoms with E-state index in [0.29, 0.717) is 28.7 Å². The van der Waals surface area contributed by atoms with Crippen molar-refractivity contribution in [2.45, 2.75) is 23.6 Å². The molecule has 1 aromatic heterocycles. The first-order valence-corrected chi connectivity index (χ1v) is 11.6. The van der Waals surface area contributed by atoms with Gasteiger partial charge in [-0.15, -0.1) is 11.3 Å². The Kier molecular flexibility index (Phi) is 5.55. The average molecular weight is 428 g/mol. The Hall–Kier alpha value is -2.84. The zero-order valence-electron chi connectivity index (χ0n) is 15.7. The predicted octanol–water partition coefficient (Wildman–Crippen LogP) is 4.21. The summed E-state index contributed by atoms with van der Waals surface area (Å²) in [4.78, 5) is 12.3. The molecule has 0 radical (unpaired) electrons. The summed E-state index contributed by atoms with van der Waals surface area (Å²) >= 11 is 1.21. The number of hydrogen-bond donors (Lipinski definition) is 2. The van der Waals surface area contributed by atoms with E-state index in [-0.39, 0.29) is 6.03 Å². The maximum absolute atomic E-state index is 13.0. The van der Waals surface area contributed by atoms with Crippen molar-refractivity contribution in [3.05, 3.63) is 77.2 Å². The van der Waals surface area contributed by atoms with Crippen LogP contribution < -0.4 is 14.9 Å². The molecule has 0 saturated carbocycles. The highest BCUT2D eigenvalue weighted by Gasteiger charge is 2.30. The minimum atomic E-state index is -3.60. The first-order chi connectivity index (χ1) is 14.0. The van der Waals surface area contributed by atoms with Gasteiger partial charge in [-0.1, -0.05) is 42.5 Å². The van der Waals surface area contributed by atoms with Crippen molar-refractivity contribution in [1.29, 1.82) is 0 Å². The molecular weight excluding hydrogens is 406 g/mol. The van der Waals surface area contributed by atoms with Gasteiger partial charge < -0.3 is 10.6 Å². The van der Waals surface area contributed by atoms with Crippen LogP contribution in [0.25, 0.3) is 0 Å². The molecule has 0 saturated heterocycles. The highest BCUT2D eigenvalue weighted by molar-refractivity contribution is 7.94. The molecule has 0 spiro atoms. The number of benzene rings is 2. The zero-order valence-corrected chi connectivity index (χ0v) is 17.3. The van der Waals surface area contributed by atoms with Gasteiger partial charge in [0.15, 0.2) is 0 Å². The molecule has 0 fully saturated rings. The number of rotatable bonds is 5. The van der Waals surface area contributed by atoms with E-state index in [1.807, 2.05) is 42.5 Å². The van der Waals surface area contributed by atoms with Gasteiger partial charge in [-0.2, -0.15) is 0 Å². The molecule has 6 nitrogen and oxygen atoms in total. The van der Waals surface area contributed by atoms with E-state index in [4.69, 9.17) is 0 Å². The molecule has 29 heavy (non-hydrogen) atoms. The van der Waals surface area contributed by atoms with Crippen LogP contribution in [0.1, 0.15) is 17.5 Å². The molecule has 8 heteroatoms. The Morgan fingerprint density at radius 3 is 2.66 bits per heavy atom. The molecule has 0 aliphatic carbocycles. The number of thiophene rings is 1. The average Bonchev–Trinajstić information content (AvgIpc) is 3.28. The summed E-state index contributed by atoms with van der Waals surface area (Å²) in [5.74, 6) is 0. The van der Waals surface area contributed by atoms with Gasteiger partial charge in [-0.05, 0) is 47.5 Å². The van der Waals surface area contributed by atoms with E-state index in [9.17, 15) is 13.2 Å². The van der Waals surface area contributed by atoms with E-state index in [1.165, 1.54) is 15.6 Å². The molecule has 4 rings (SSSR count). The first kappa shape index (κ1) is 19.5. The lowest BCUT2D eigenvalue weighted by Crippen LogP contribution is -2.35. The second-order valence-electron chi connectivity index (χ2n) is 6.75. The topological polar surface area (TPSA) is 78.5 Å². The summed E-state index contributed by atoms with van der Waals surface area (Å²) in [6.07, 6.45) is 1.58. The van der Waals surface area contributed by atoms with Gasteiger partial charge in [-0.25, -0.2) is 13.2 Å². The van der Waals surface area contributed by atoms with E-state index < -0.39 is 10.0 Å². The minimum Gasteiger partial charge on any atom is -0.334 e. The van der Waals surface area contributed by atoms with Crippen molar-refractivity contribution in [2.75, 3.05) is 16.2 Å². The van der Waals surface area contributed by atoms with Gasteiger partial charge in [0.1, 0.15) is 4.21 Å². The van der Waals surface area contributed by atoms with Crippen molar-refractivity contribution in [1.82, 2.24) is 5.32 Å². The van der Waals surface area contributed by atoms with Crippen molar-refractivity contribution in [2.24, 2.45) is 0 Å². The van der Waals surface area contributed by atoms with Crippen LogP contribution in [0.15, 0.2) is 70.3 Å². The van der Waals surface area contributed by atoms with Crippen LogP contribution in [0.2, 0.25) is 0 Å². The summed E-state index contributed by atoms with van der Waals surface area (Å²) in [7, 11) is -3.60. The molecule has 2 heterocycles. The number of hydrogen-bond acceptors (Lipinski definition) is 4. The number of amides is 2. The standard InChI is InChI=1S/C21H21N3O3S2/c25-21(22-15-16-6-2-1-3-7-16)23-18-11-10-17-8-4-12-24(19(17)14-18)29(26,27)20-9-5-13-28-20/h1-3,5-7,9-11,13-14H,4,8,12,15H2,(H2,22,23,25). The summed E-state index contributed by atoms with van der Waals surface area (Å²) in [6, 6.07) is 18.1. The van der Waals surface area contributed by atoms with Crippen LogP contribution in [0.3, 0.4) is 0 Å². The lowest BCUT2D eigenvalue weighted by Gasteiger charge is -2.30. The van der Waals surface area contributed by atoms with Gasteiger partial charge >= 0.3 is 6.03 Å². The van der Waals surface area contributed by atoms with Gasteiger partial charge in [0.2, 0.25) is 0 Å². The molecule has 1 aliphatic heterocycles. The number of carbonyl (C=O) groups is 1. The molecule has 1 aliphatic rings. The SMILES string of the molecule is O=C(NCc1ccccc1)Nc1ccc2c(c1)N(S(=O)(=O)c1cccs1)CCC2. The predicted molar refractivity (Wildman–Crippen MR) is 116 cm³/mol. The monoisotopic (exact) mass is 427 g/mol. The quantitative estimate of drug-likeness (QED) is 0.640. The summed E-state index contributed by atoms with van der Waals surface area (Å²) in [5, 5.41) is 7.37. The second kappa shape index (κ2) is 8.26. The molecule has 2 aromatic carbocycles. The van der Waals surface area contributed by atoms with Crippen molar-refractivity contribution < 1.29 is 13.2 Å². The minimum absolute atomic E-state index is 0.323. The number of carbonyl (C=O) groups excluding carboxylic acids is 1. The van der Waals surface area contributed by atoms with Gasteiger partial charge in [-0.3, -0.25) is 4.31 Å². The van der Waals surface area contributed by atoms with E-state index in [2.05, 4.69) is 10.6 Å².